The van der Waals surface area contributed by atoms with E-state index in [1.54, 1.807) is 41.1 Å². The maximum absolute atomic E-state index is 14.2. The molecule has 3 N–H and O–H groups in total. The number of H-pyrrole nitrogens is 1. The van der Waals surface area contributed by atoms with Gasteiger partial charge in [-0.25, -0.2) is 0 Å². The van der Waals surface area contributed by atoms with Gasteiger partial charge in [0.15, 0.2) is 11.5 Å². The topological polar surface area (TPSA) is 133 Å². The van der Waals surface area contributed by atoms with Gasteiger partial charge in [-0.2, -0.15) is 0 Å². The summed E-state index contributed by atoms with van der Waals surface area (Å²) < 4.78 is 11.4. The molecule has 51 heavy (non-hydrogen) atoms. The van der Waals surface area contributed by atoms with Gasteiger partial charge in [0.1, 0.15) is 6.04 Å². The fraction of sp³-hybridized carbons (Fsp3) is 0.538. The third kappa shape index (κ3) is 9.16. The average molecular weight is 722 g/mol. The largest absolute Gasteiger partial charge is 0.493 e. The number of carbonyl (C=O) groups excluding carboxylic acids is 4. The number of nitrogens with one attached hydrogen (secondary N) is 3. The third-order valence-corrected chi connectivity index (χ3v) is 10.2. The van der Waals surface area contributed by atoms with Crippen LogP contribution in [0.25, 0.3) is 10.9 Å². The summed E-state index contributed by atoms with van der Waals surface area (Å²) in [6.45, 7) is 11.6. The summed E-state index contributed by atoms with van der Waals surface area (Å²) in [7, 11) is 3.11. The lowest BCUT2D eigenvalue weighted by molar-refractivity contribution is -0.140. The van der Waals surface area contributed by atoms with E-state index in [2.05, 4.69) is 36.4 Å². The summed E-state index contributed by atoms with van der Waals surface area (Å²) in [5, 5.41) is 7.26. The van der Waals surface area contributed by atoms with Crippen molar-refractivity contribution in [2.75, 3.05) is 40.3 Å². The number of likely N-dealkylation sites (tertiary alicyclic amines) is 2. The van der Waals surface area contributed by atoms with E-state index in [0.29, 0.717) is 48.1 Å². The van der Waals surface area contributed by atoms with Crippen molar-refractivity contribution in [2.24, 2.45) is 23.2 Å². The van der Waals surface area contributed by atoms with Crippen molar-refractivity contribution in [2.45, 2.75) is 72.4 Å². The molecule has 0 saturated carbocycles. The number of hydrogen-bond acceptors (Lipinski definition) is 6. The Kier molecular flexibility index (Phi) is 11.9. The Morgan fingerprint density at radius 2 is 1.75 bits per heavy atom. The monoisotopic (exact) mass is 721 g/mol. The molecule has 0 bridgehead atoms. The van der Waals surface area contributed by atoms with Crippen LogP contribution in [0, 0.1) is 23.2 Å². The van der Waals surface area contributed by atoms with Crippen LogP contribution in [0.5, 0.6) is 11.5 Å². The van der Waals surface area contributed by atoms with Crippen LogP contribution < -0.4 is 20.1 Å². The summed E-state index contributed by atoms with van der Waals surface area (Å²) in [6, 6.07) is 9.97. The number of likely N-dealkylation sites (N-methyl/N-ethyl adjacent to an activating group) is 1. The van der Waals surface area contributed by atoms with Gasteiger partial charge in [0, 0.05) is 60.9 Å². The number of fused-ring (bicyclic) bond motifs is 2. The number of piperidine rings is 1. The van der Waals surface area contributed by atoms with Gasteiger partial charge in [0.05, 0.1) is 25.6 Å². The third-order valence-electron chi connectivity index (χ3n) is 10.0. The van der Waals surface area contributed by atoms with E-state index in [1.165, 1.54) is 7.11 Å². The number of aromatic nitrogens is 1. The first-order valence-electron chi connectivity index (χ1n) is 17.9. The minimum Gasteiger partial charge on any atom is -0.493 e. The van der Waals surface area contributed by atoms with E-state index >= 15 is 0 Å². The van der Waals surface area contributed by atoms with Gasteiger partial charge in [-0.3, -0.25) is 19.2 Å². The van der Waals surface area contributed by atoms with E-state index in [1.807, 2.05) is 32.2 Å². The van der Waals surface area contributed by atoms with Crippen molar-refractivity contribution in [3.63, 3.8) is 0 Å². The maximum Gasteiger partial charge on any atom is 0.254 e. The second kappa shape index (κ2) is 16.0. The van der Waals surface area contributed by atoms with Crippen LogP contribution in [0.3, 0.4) is 0 Å². The van der Waals surface area contributed by atoms with E-state index in [0.717, 1.165) is 29.3 Å². The molecule has 2 aliphatic heterocycles. The molecule has 5 rings (SSSR count). The van der Waals surface area contributed by atoms with Crippen LogP contribution in [0.4, 0.5) is 0 Å². The number of hydrogen-bond donors (Lipinski definition) is 3. The first-order valence-corrected chi connectivity index (χ1v) is 18.2. The standard InChI is InChI=1S/C39H52ClN5O6/c1-23(2)51-33-13-10-24(15-34(33)50-7)38(49)45-20-26-19-44(35(46)16-25-18-42-32-17-27(40)11-12-28(25)32)22-30(29(26)21-45)36(47)43-31(37(48)41-6)9-8-14-39(3,4)5/h10-13,15,17-18,23,26,29-31,42H,8-9,14,16,19-22H2,1-7H3,(H,41,48)(H,43,47)/t26?,29?,30?,31-/m0/s1. The van der Waals surface area contributed by atoms with Gasteiger partial charge in [0.25, 0.3) is 5.91 Å². The highest BCUT2D eigenvalue weighted by Gasteiger charge is 2.48. The Morgan fingerprint density at radius 1 is 1.00 bits per heavy atom. The van der Waals surface area contributed by atoms with Gasteiger partial charge >= 0.3 is 0 Å². The number of rotatable bonds is 12. The number of aromatic amines is 1. The van der Waals surface area contributed by atoms with Crippen LogP contribution in [0.2, 0.25) is 5.02 Å². The predicted molar refractivity (Wildman–Crippen MR) is 198 cm³/mol. The smallest absolute Gasteiger partial charge is 0.254 e. The highest BCUT2D eigenvalue weighted by Crippen LogP contribution is 2.38. The second-order valence-corrected chi connectivity index (χ2v) is 15.8. The molecule has 11 nitrogen and oxygen atoms in total. The fourth-order valence-corrected chi connectivity index (χ4v) is 7.57. The summed E-state index contributed by atoms with van der Waals surface area (Å²) in [5.74, 6) is -0.739. The average Bonchev–Trinajstić information content (AvgIpc) is 3.69. The second-order valence-electron chi connectivity index (χ2n) is 15.4. The number of ether oxygens (including phenoxy) is 2. The summed E-state index contributed by atoms with van der Waals surface area (Å²) in [5.41, 5.74) is 2.24. The molecule has 3 aromatic rings. The predicted octanol–water partition coefficient (Wildman–Crippen LogP) is 5.45. The zero-order chi connectivity index (χ0) is 37.0. The van der Waals surface area contributed by atoms with Gasteiger partial charge in [-0.15, -0.1) is 0 Å². The van der Waals surface area contributed by atoms with Crippen LogP contribution >= 0.6 is 11.6 Å². The number of halogens is 1. The molecular formula is C39H52ClN5O6. The molecule has 2 aromatic carbocycles. The fourth-order valence-electron chi connectivity index (χ4n) is 7.40. The lowest BCUT2D eigenvalue weighted by Gasteiger charge is -2.40. The molecule has 1 aromatic heterocycles. The van der Waals surface area contributed by atoms with Crippen molar-refractivity contribution in [1.82, 2.24) is 25.4 Å². The Balaban J connectivity index is 1.38. The molecule has 4 amide bonds. The molecule has 0 radical (unpaired) electrons. The van der Waals surface area contributed by atoms with Crippen molar-refractivity contribution in [3.05, 3.63) is 58.7 Å². The van der Waals surface area contributed by atoms with Crippen LogP contribution in [-0.2, 0) is 20.8 Å². The number of nitrogens with zero attached hydrogens (tertiary/aromatic N) is 2. The minimum atomic E-state index is -0.703. The number of amides is 4. The lowest BCUT2D eigenvalue weighted by Crippen LogP contribution is -2.56. The van der Waals surface area contributed by atoms with Gasteiger partial charge in [-0.1, -0.05) is 44.9 Å². The molecule has 276 valence electrons. The van der Waals surface area contributed by atoms with Gasteiger partial charge in [0.2, 0.25) is 17.7 Å². The van der Waals surface area contributed by atoms with Crippen molar-refractivity contribution in [3.8, 4) is 11.5 Å². The molecule has 4 atom stereocenters. The molecular weight excluding hydrogens is 670 g/mol. The Hall–Kier alpha value is -4.25. The van der Waals surface area contributed by atoms with Crippen LogP contribution in [-0.4, -0.2) is 90.9 Å². The highest BCUT2D eigenvalue weighted by molar-refractivity contribution is 6.31. The zero-order valence-electron chi connectivity index (χ0n) is 30.8. The molecule has 3 heterocycles. The van der Waals surface area contributed by atoms with Gasteiger partial charge < -0.3 is 34.9 Å². The minimum absolute atomic E-state index is 0.0631. The highest BCUT2D eigenvalue weighted by atomic mass is 35.5. The SMILES string of the molecule is CNC(=O)[C@H](CCCC(C)(C)C)NC(=O)C1CN(C(=O)Cc2c[nH]c3cc(Cl)ccc23)CC2CN(C(=O)c3ccc(OC(C)C)c(OC)c3)CC21. The number of carbonyl (C=O) groups is 4. The summed E-state index contributed by atoms with van der Waals surface area (Å²) in [4.78, 5) is 61.7. The molecule has 12 heteroatoms. The first kappa shape index (κ1) is 38.0. The Bertz CT molecular complexity index is 1750. The summed E-state index contributed by atoms with van der Waals surface area (Å²) in [6.07, 6.45) is 4.08. The molecule has 2 fully saturated rings. The van der Waals surface area contributed by atoms with E-state index in [4.69, 9.17) is 21.1 Å². The van der Waals surface area contributed by atoms with E-state index < -0.39 is 12.0 Å². The molecule has 2 saturated heterocycles. The lowest BCUT2D eigenvalue weighted by atomic mass is 9.79. The van der Waals surface area contributed by atoms with Crippen LogP contribution in [0.1, 0.15) is 69.8 Å². The van der Waals surface area contributed by atoms with E-state index in [9.17, 15) is 19.2 Å². The first-order chi connectivity index (χ1) is 24.2. The number of methoxy groups -OCH3 is 1. The van der Waals surface area contributed by atoms with Crippen molar-refractivity contribution in [1.29, 1.82) is 0 Å². The Morgan fingerprint density at radius 3 is 2.43 bits per heavy atom. The molecule has 2 aliphatic rings. The molecule has 0 aliphatic carbocycles. The van der Waals surface area contributed by atoms with Crippen molar-refractivity contribution < 1.29 is 28.7 Å². The molecule has 3 unspecified atom stereocenters. The Labute approximate surface area is 305 Å². The van der Waals surface area contributed by atoms with Crippen molar-refractivity contribution >= 4 is 46.1 Å². The maximum atomic E-state index is 14.2. The summed E-state index contributed by atoms with van der Waals surface area (Å²) >= 11 is 6.18. The normalized spacial score (nSPS) is 19.5. The van der Waals surface area contributed by atoms with Gasteiger partial charge in [-0.05, 0) is 79.8 Å². The molecule has 0 spiro atoms. The van der Waals surface area contributed by atoms with E-state index in [-0.39, 0.29) is 59.9 Å². The zero-order valence-corrected chi connectivity index (χ0v) is 31.6. The van der Waals surface area contributed by atoms with Crippen LogP contribution in [0.15, 0.2) is 42.6 Å². The quantitative estimate of drug-likeness (QED) is 0.228. The number of benzene rings is 2.